The first-order valence-electron chi connectivity index (χ1n) is 9.62. The van der Waals surface area contributed by atoms with Crippen LogP contribution in [0.2, 0.25) is 0 Å². The van der Waals surface area contributed by atoms with Gasteiger partial charge in [0, 0.05) is 0 Å². The molecule has 2 aromatic heterocycles. The Morgan fingerprint density at radius 1 is 1.21 bits per heavy atom. The van der Waals surface area contributed by atoms with Crippen LogP contribution in [0.4, 0.5) is 5.69 Å². The van der Waals surface area contributed by atoms with Crippen molar-refractivity contribution < 1.29 is 17.9 Å². The number of benzene rings is 2. The Morgan fingerprint density at radius 3 is 2.55 bits per heavy atom. The van der Waals surface area contributed by atoms with Crippen LogP contribution >= 0.6 is 11.3 Å². The maximum atomic E-state index is 13.3. The Bertz CT molecular complexity index is 1510. The molecule has 0 bridgehead atoms. The highest BCUT2D eigenvalue weighted by Gasteiger charge is 2.22. The summed E-state index contributed by atoms with van der Waals surface area (Å²) in [6, 6.07) is 13.1. The van der Waals surface area contributed by atoms with Crippen molar-refractivity contribution in [1.29, 1.82) is 0 Å². The van der Waals surface area contributed by atoms with E-state index in [9.17, 15) is 18.0 Å². The lowest BCUT2D eigenvalue weighted by molar-refractivity contribution is -0.139. The molecule has 0 saturated carbocycles. The van der Waals surface area contributed by atoms with Gasteiger partial charge in [-0.3, -0.25) is 19.7 Å². The fourth-order valence-electron chi connectivity index (χ4n) is 3.25. The number of H-pyrrole nitrogens is 1. The monoisotopic (exact) mass is 485 g/mol. The molecule has 3 N–H and O–H groups in total. The molecule has 0 spiro atoms. The molecule has 0 fully saturated rings. The zero-order valence-corrected chi connectivity index (χ0v) is 19.2. The molecular formula is C21H19N5O5S2. The Balaban J connectivity index is 1.81. The van der Waals surface area contributed by atoms with E-state index in [-0.39, 0.29) is 16.9 Å². The molecule has 0 unspecified atom stereocenters. The second-order valence-electron chi connectivity index (χ2n) is 7.06. The van der Waals surface area contributed by atoms with Crippen molar-refractivity contribution >= 4 is 48.9 Å². The van der Waals surface area contributed by atoms with E-state index in [0.29, 0.717) is 22.2 Å². The number of carbonyl (C=O) groups is 1. The van der Waals surface area contributed by atoms with Crippen LogP contribution in [-0.4, -0.2) is 42.0 Å². The van der Waals surface area contributed by atoms with Crippen molar-refractivity contribution in [3.8, 4) is 5.13 Å². The molecule has 0 atom stereocenters. The van der Waals surface area contributed by atoms with Crippen LogP contribution in [0.5, 0.6) is 0 Å². The number of aliphatic imine (C=N–C) groups is 1. The maximum Gasteiger partial charge on any atom is 0.311 e. The minimum Gasteiger partial charge on any atom is -0.469 e. The molecule has 10 nitrogen and oxygen atoms in total. The highest BCUT2D eigenvalue weighted by molar-refractivity contribution is 7.89. The molecule has 12 heteroatoms. The van der Waals surface area contributed by atoms with E-state index in [0.717, 1.165) is 10.2 Å². The summed E-state index contributed by atoms with van der Waals surface area (Å²) in [7, 11) is -2.57. The van der Waals surface area contributed by atoms with Crippen molar-refractivity contribution in [2.24, 2.45) is 10.1 Å². The van der Waals surface area contributed by atoms with Gasteiger partial charge in [0.1, 0.15) is 0 Å². The minimum atomic E-state index is -3.83. The van der Waals surface area contributed by atoms with Gasteiger partial charge in [-0.2, -0.15) is 4.68 Å². The van der Waals surface area contributed by atoms with E-state index in [1.807, 2.05) is 24.3 Å². The number of hydrogen-bond donors (Lipinski definition) is 2. The number of nitrogens with zero attached hydrogens (tertiary/aromatic N) is 3. The number of methoxy groups -OCH3 is 1. The van der Waals surface area contributed by atoms with Crippen molar-refractivity contribution in [2.75, 3.05) is 7.11 Å². The van der Waals surface area contributed by atoms with E-state index < -0.39 is 21.6 Å². The van der Waals surface area contributed by atoms with Gasteiger partial charge in [-0.25, -0.2) is 18.5 Å². The van der Waals surface area contributed by atoms with Gasteiger partial charge in [-0.05, 0) is 43.3 Å². The van der Waals surface area contributed by atoms with Crippen LogP contribution in [-0.2, 0) is 26.0 Å². The zero-order chi connectivity index (χ0) is 23.8. The van der Waals surface area contributed by atoms with Crippen molar-refractivity contribution in [1.82, 2.24) is 14.8 Å². The third-order valence-electron chi connectivity index (χ3n) is 4.81. The molecule has 170 valence electrons. The molecule has 4 aromatic rings. The first kappa shape index (κ1) is 22.6. The lowest BCUT2D eigenvalue weighted by Crippen LogP contribution is -2.20. The fraction of sp³-hybridized carbons (Fsp3) is 0.143. The first-order valence-corrected chi connectivity index (χ1v) is 12.0. The summed E-state index contributed by atoms with van der Waals surface area (Å²) in [5.74, 6) is -0.528. The summed E-state index contributed by atoms with van der Waals surface area (Å²) in [6.07, 6.45) is -0.170. The number of ether oxygens (including phenoxy) is 1. The number of fused-ring (bicyclic) bond motifs is 1. The Morgan fingerprint density at radius 2 is 1.91 bits per heavy atom. The summed E-state index contributed by atoms with van der Waals surface area (Å²) < 4.78 is 29.9. The molecular weight excluding hydrogens is 466 g/mol. The predicted molar refractivity (Wildman–Crippen MR) is 125 cm³/mol. The van der Waals surface area contributed by atoms with Crippen LogP contribution in [0.3, 0.4) is 0 Å². The Labute approximate surface area is 192 Å². The second-order valence-corrected chi connectivity index (χ2v) is 9.63. The predicted octanol–water partition coefficient (Wildman–Crippen LogP) is 2.28. The fourth-order valence-corrected chi connectivity index (χ4v) is 4.69. The van der Waals surface area contributed by atoms with Gasteiger partial charge in [0.15, 0.2) is 0 Å². The summed E-state index contributed by atoms with van der Waals surface area (Å²) in [5, 5.41) is 8.51. The number of aromatic nitrogens is 3. The highest BCUT2D eigenvalue weighted by Crippen LogP contribution is 2.24. The van der Waals surface area contributed by atoms with Gasteiger partial charge in [0.05, 0.1) is 51.3 Å². The van der Waals surface area contributed by atoms with Crippen LogP contribution in [0.25, 0.3) is 15.3 Å². The molecule has 2 aromatic carbocycles. The first-order chi connectivity index (χ1) is 15.7. The number of aromatic amines is 1. The van der Waals surface area contributed by atoms with E-state index in [1.54, 1.807) is 6.92 Å². The Kier molecular flexibility index (Phi) is 5.97. The van der Waals surface area contributed by atoms with Crippen LogP contribution in [0.15, 0.2) is 63.2 Å². The molecule has 0 saturated heterocycles. The normalized spacial score (nSPS) is 12.3. The number of hydrogen-bond acceptors (Lipinski definition) is 8. The smallest absolute Gasteiger partial charge is 0.311 e. The van der Waals surface area contributed by atoms with E-state index in [4.69, 9.17) is 9.88 Å². The van der Waals surface area contributed by atoms with Gasteiger partial charge in [-0.15, -0.1) is 0 Å². The van der Waals surface area contributed by atoms with Gasteiger partial charge in [-0.1, -0.05) is 23.5 Å². The van der Waals surface area contributed by atoms with Gasteiger partial charge in [0.2, 0.25) is 15.2 Å². The molecule has 0 aliphatic carbocycles. The summed E-state index contributed by atoms with van der Waals surface area (Å²) in [4.78, 5) is 34.2. The number of carbonyl (C=O) groups excluding carboxylic acids is 1. The average Bonchev–Trinajstić information content (AvgIpc) is 3.34. The SMILES string of the molecule is COC(=O)Cc1[nH]n(-c2nc3ccccc3s2)c(=O)c1C(C)=Nc1ccc(S(N)(=O)=O)cc1. The van der Waals surface area contributed by atoms with Gasteiger partial charge >= 0.3 is 5.97 Å². The van der Waals surface area contributed by atoms with Gasteiger partial charge in [0.25, 0.3) is 5.56 Å². The zero-order valence-electron chi connectivity index (χ0n) is 17.6. The second kappa shape index (κ2) is 8.73. The largest absolute Gasteiger partial charge is 0.469 e. The van der Waals surface area contributed by atoms with E-state index in [1.165, 1.54) is 47.4 Å². The number of nitrogens with two attached hydrogens (primary N) is 1. The molecule has 0 radical (unpaired) electrons. The lowest BCUT2D eigenvalue weighted by atomic mass is 10.1. The van der Waals surface area contributed by atoms with Crippen molar-refractivity contribution in [3.05, 3.63) is 70.1 Å². The standard InChI is InChI=1S/C21H19N5O5S2/c1-12(23-13-7-9-14(10-8-13)33(22,29)30)19-16(11-18(27)31-2)25-26(20(19)28)21-24-15-5-3-4-6-17(15)32-21/h3-10,25H,11H2,1-2H3,(H2,22,29,30). The van der Waals surface area contributed by atoms with Crippen LogP contribution < -0.4 is 10.7 Å². The third kappa shape index (κ3) is 4.62. The quantitative estimate of drug-likeness (QED) is 0.316. The number of nitrogens with one attached hydrogen (secondary N) is 1. The molecule has 0 aliphatic heterocycles. The third-order valence-corrected chi connectivity index (χ3v) is 6.76. The van der Waals surface area contributed by atoms with Crippen LogP contribution in [0.1, 0.15) is 18.2 Å². The number of rotatable bonds is 6. The maximum absolute atomic E-state index is 13.3. The number of esters is 1. The van der Waals surface area contributed by atoms with Crippen LogP contribution in [0, 0.1) is 0 Å². The molecule has 2 heterocycles. The van der Waals surface area contributed by atoms with E-state index in [2.05, 4.69) is 15.1 Å². The number of primary sulfonamides is 1. The molecule has 4 rings (SSSR count). The number of para-hydroxylation sites is 1. The molecule has 0 aliphatic rings. The van der Waals surface area contributed by atoms with Crippen molar-refractivity contribution in [2.45, 2.75) is 18.2 Å². The number of thiazole rings is 1. The molecule has 33 heavy (non-hydrogen) atoms. The van der Waals surface area contributed by atoms with Crippen molar-refractivity contribution in [3.63, 3.8) is 0 Å². The topological polar surface area (TPSA) is 150 Å². The summed E-state index contributed by atoms with van der Waals surface area (Å²) in [6.45, 7) is 1.63. The highest BCUT2D eigenvalue weighted by atomic mass is 32.2. The average molecular weight is 486 g/mol. The Hall–Kier alpha value is -3.61. The minimum absolute atomic E-state index is 0.0506. The summed E-state index contributed by atoms with van der Waals surface area (Å²) in [5.41, 5.74) is 1.60. The van der Waals surface area contributed by atoms with E-state index >= 15 is 0 Å². The summed E-state index contributed by atoms with van der Waals surface area (Å²) >= 11 is 1.33. The van der Waals surface area contributed by atoms with Gasteiger partial charge < -0.3 is 4.74 Å². The number of sulfonamides is 1. The molecule has 0 amide bonds. The lowest BCUT2D eigenvalue weighted by Gasteiger charge is -2.03.